The van der Waals surface area contributed by atoms with E-state index in [2.05, 4.69) is 5.32 Å². The van der Waals surface area contributed by atoms with Crippen molar-refractivity contribution >= 4 is 22.5 Å². The second-order valence-electron chi connectivity index (χ2n) is 6.85. The highest BCUT2D eigenvalue weighted by Crippen LogP contribution is 2.23. The van der Waals surface area contributed by atoms with Crippen molar-refractivity contribution in [1.82, 2.24) is 0 Å². The third-order valence-electron chi connectivity index (χ3n) is 4.66. The van der Waals surface area contributed by atoms with Gasteiger partial charge in [0.15, 0.2) is 5.43 Å². The highest BCUT2D eigenvalue weighted by molar-refractivity contribution is 7.83. The first kappa shape index (κ1) is 22.5. The van der Waals surface area contributed by atoms with Gasteiger partial charge in [0.25, 0.3) is 0 Å². The van der Waals surface area contributed by atoms with Crippen molar-refractivity contribution in [2.45, 2.75) is 18.9 Å². The number of hydrogen-bond acceptors (Lipinski definition) is 7. The van der Waals surface area contributed by atoms with Gasteiger partial charge in [0, 0.05) is 28.8 Å². The zero-order valence-electron chi connectivity index (χ0n) is 17.2. The Kier molecular flexibility index (Phi) is 7.38. The molecule has 2 N–H and O–H groups in total. The van der Waals surface area contributed by atoms with Crippen molar-refractivity contribution in [2.24, 2.45) is 0 Å². The van der Waals surface area contributed by atoms with Crippen LogP contribution in [0.25, 0.3) is 11.1 Å². The fourth-order valence-electron chi connectivity index (χ4n) is 3.08. The van der Waals surface area contributed by atoms with E-state index in [4.69, 9.17) is 9.15 Å². The summed E-state index contributed by atoms with van der Waals surface area (Å²) in [6.45, 7) is -0.238. The van der Waals surface area contributed by atoms with Gasteiger partial charge in [-0.05, 0) is 35.4 Å². The molecular weight excluding hydrogens is 418 g/mol. The quantitative estimate of drug-likeness (QED) is 0.518. The molecule has 1 unspecified atom stereocenters. The molecule has 0 spiro atoms. The third kappa shape index (κ3) is 5.68. The standard InChI is InChI=1S/C23H23NO6S/c1-29-23(27)17-5-3-15(4-6-17)16-7-9-18(10-8-16)24-12-22-20(13-25)21(26)11-19(30-22)14-31(2)28/h3-11,24-25H,12-14H2,1-2H3. The molecule has 2 aromatic carbocycles. The van der Waals surface area contributed by atoms with Gasteiger partial charge in [-0.15, -0.1) is 0 Å². The Bertz CT molecular complexity index is 1140. The van der Waals surface area contributed by atoms with E-state index in [1.54, 1.807) is 12.1 Å². The first-order valence-corrected chi connectivity index (χ1v) is 11.2. The van der Waals surface area contributed by atoms with Gasteiger partial charge >= 0.3 is 5.97 Å². The summed E-state index contributed by atoms with van der Waals surface area (Å²) >= 11 is 0. The van der Waals surface area contributed by atoms with E-state index in [1.807, 2.05) is 36.4 Å². The van der Waals surface area contributed by atoms with Crippen molar-refractivity contribution in [2.75, 3.05) is 18.7 Å². The molecule has 0 radical (unpaired) electrons. The Balaban J connectivity index is 1.73. The normalized spacial score (nSPS) is 11.7. The zero-order chi connectivity index (χ0) is 22.4. The van der Waals surface area contributed by atoms with E-state index < -0.39 is 17.4 Å². The van der Waals surface area contributed by atoms with Gasteiger partial charge in [-0.25, -0.2) is 4.79 Å². The molecule has 31 heavy (non-hydrogen) atoms. The van der Waals surface area contributed by atoms with Gasteiger partial charge in [-0.2, -0.15) is 0 Å². The fraction of sp³-hybridized carbons (Fsp3) is 0.217. The molecule has 7 nitrogen and oxygen atoms in total. The highest BCUT2D eigenvalue weighted by atomic mass is 32.2. The van der Waals surface area contributed by atoms with Crippen LogP contribution in [0.15, 0.2) is 63.8 Å². The molecule has 0 aliphatic rings. The van der Waals surface area contributed by atoms with Crippen LogP contribution >= 0.6 is 0 Å². The van der Waals surface area contributed by atoms with Crippen molar-refractivity contribution in [3.63, 3.8) is 0 Å². The monoisotopic (exact) mass is 441 g/mol. The van der Waals surface area contributed by atoms with Crippen LogP contribution in [-0.4, -0.2) is 28.7 Å². The Labute approximate surface area is 182 Å². The average molecular weight is 442 g/mol. The molecule has 0 saturated heterocycles. The second kappa shape index (κ2) is 10.2. The molecule has 0 amide bonds. The first-order valence-electron chi connectivity index (χ1n) is 9.49. The number of esters is 1. The predicted molar refractivity (Wildman–Crippen MR) is 119 cm³/mol. The van der Waals surface area contributed by atoms with Crippen LogP contribution in [0.2, 0.25) is 0 Å². The van der Waals surface area contributed by atoms with Crippen molar-refractivity contribution in [3.05, 3.63) is 87.5 Å². The summed E-state index contributed by atoms with van der Waals surface area (Å²) in [6, 6.07) is 16.0. The van der Waals surface area contributed by atoms with E-state index in [1.165, 1.54) is 19.4 Å². The lowest BCUT2D eigenvalue weighted by molar-refractivity contribution is 0.0600. The number of anilines is 1. The number of hydrogen-bond donors (Lipinski definition) is 2. The van der Waals surface area contributed by atoms with E-state index in [0.29, 0.717) is 17.1 Å². The van der Waals surface area contributed by atoms with Crippen molar-refractivity contribution in [3.8, 4) is 11.1 Å². The van der Waals surface area contributed by atoms with Gasteiger partial charge in [0.2, 0.25) is 0 Å². The Morgan fingerprint density at radius 1 is 1.10 bits per heavy atom. The summed E-state index contributed by atoms with van der Waals surface area (Å²) in [5.74, 6) is 0.398. The van der Waals surface area contributed by atoms with E-state index in [-0.39, 0.29) is 29.3 Å². The molecule has 8 heteroatoms. The number of nitrogens with one attached hydrogen (secondary N) is 1. The van der Waals surface area contributed by atoms with Crippen molar-refractivity contribution in [1.29, 1.82) is 0 Å². The molecule has 0 aliphatic heterocycles. The Morgan fingerprint density at radius 3 is 2.26 bits per heavy atom. The van der Waals surface area contributed by atoms with Gasteiger partial charge in [0.1, 0.15) is 11.5 Å². The number of methoxy groups -OCH3 is 1. The molecule has 162 valence electrons. The molecule has 0 bridgehead atoms. The molecular formula is C23H23NO6S. The summed E-state index contributed by atoms with van der Waals surface area (Å²) < 4.78 is 21.8. The lowest BCUT2D eigenvalue weighted by Gasteiger charge is -2.11. The van der Waals surface area contributed by atoms with E-state index >= 15 is 0 Å². The maximum Gasteiger partial charge on any atom is 0.337 e. The van der Waals surface area contributed by atoms with Crippen LogP contribution in [0, 0.1) is 0 Å². The number of aliphatic hydroxyl groups is 1. The summed E-state index contributed by atoms with van der Waals surface area (Å²) in [4.78, 5) is 23.7. The lowest BCUT2D eigenvalue weighted by Crippen LogP contribution is -2.15. The number of aliphatic hydroxyl groups excluding tert-OH is 1. The third-order valence-corrected chi connectivity index (χ3v) is 5.35. The van der Waals surface area contributed by atoms with Crippen LogP contribution in [-0.2, 0) is 34.4 Å². The minimum Gasteiger partial charge on any atom is -0.465 e. The zero-order valence-corrected chi connectivity index (χ0v) is 18.0. The largest absolute Gasteiger partial charge is 0.465 e. The van der Waals surface area contributed by atoms with Gasteiger partial charge in [0.05, 0.1) is 37.1 Å². The number of carbonyl (C=O) groups is 1. The molecule has 0 aliphatic carbocycles. The Hall–Kier alpha value is -3.23. The summed E-state index contributed by atoms with van der Waals surface area (Å²) in [6.07, 6.45) is 1.53. The van der Waals surface area contributed by atoms with Crippen LogP contribution in [0.1, 0.15) is 27.4 Å². The smallest absolute Gasteiger partial charge is 0.337 e. The fourth-order valence-corrected chi connectivity index (χ4v) is 3.62. The first-order chi connectivity index (χ1) is 14.9. The highest BCUT2D eigenvalue weighted by Gasteiger charge is 2.13. The number of rotatable bonds is 8. The molecule has 0 fully saturated rings. The molecule has 3 aromatic rings. The lowest BCUT2D eigenvalue weighted by atomic mass is 10.0. The predicted octanol–water partition coefficient (Wildman–Crippen LogP) is 3.08. The van der Waals surface area contributed by atoms with Crippen LogP contribution in [0.4, 0.5) is 5.69 Å². The SMILES string of the molecule is COC(=O)c1ccc(-c2ccc(NCc3oc(CS(C)=O)cc(=O)c3CO)cc2)cc1. The molecule has 0 saturated carbocycles. The number of ether oxygens (including phenoxy) is 1. The van der Waals surface area contributed by atoms with E-state index in [9.17, 15) is 18.9 Å². The minimum absolute atomic E-state index is 0.136. The molecule has 3 rings (SSSR count). The van der Waals surface area contributed by atoms with Crippen LogP contribution < -0.4 is 10.7 Å². The van der Waals surface area contributed by atoms with Crippen LogP contribution in [0.3, 0.4) is 0 Å². The van der Waals surface area contributed by atoms with Crippen molar-refractivity contribution < 1.29 is 23.3 Å². The van der Waals surface area contributed by atoms with E-state index in [0.717, 1.165) is 16.8 Å². The summed E-state index contributed by atoms with van der Waals surface area (Å²) in [7, 11) is 0.196. The molecule has 1 atom stereocenters. The maximum atomic E-state index is 12.2. The van der Waals surface area contributed by atoms with Gasteiger partial charge in [-0.3, -0.25) is 9.00 Å². The number of benzene rings is 2. The topological polar surface area (TPSA) is 106 Å². The van der Waals surface area contributed by atoms with Crippen LogP contribution in [0.5, 0.6) is 0 Å². The van der Waals surface area contributed by atoms with Gasteiger partial charge < -0.3 is 19.6 Å². The second-order valence-corrected chi connectivity index (χ2v) is 8.29. The summed E-state index contributed by atoms with van der Waals surface area (Å²) in [5.41, 5.74) is 3.05. The number of carbonyl (C=O) groups excluding carboxylic acids is 1. The summed E-state index contributed by atoms with van der Waals surface area (Å²) in [5, 5.41) is 12.7. The Morgan fingerprint density at radius 2 is 1.71 bits per heavy atom. The molecule has 1 aromatic heterocycles. The molecule has 1 heterocycles. The van der Waals surface area contributed by atoms with Gasteiger partial charge in [-0.1, -0.05) is 24.3 Å². The minimum atomic E-state index is -1.15. The average Bonchev–Trinajstić information content (AvgIpc) is 2.77. The maximum absolute atomic E-state index is 12.2.